The molecule has 0 saturated carbocycles. The maximum atomic E-state index is 10.7. The van der Waals surface area contributed by atoms with E-state index in [0.29, 0.717) is 10.4 Å². The number of halogens is 1. The molecule has 0 radical (unpaired) electrons. The number of aromatic carboxylic acids is 1. The molecule has 0 aliphatic carbocycles. The van der Waals surface area contributed by atoms with Crippen LogP contribution in [0.25, 0.3) is 10.9 Å². The van der Waals surface area contributed by atoms with Crippen LogP contribution in [-0.2, 0) is 0 Å². The monoisotopic (exact) mass is 195 g/mol. The molecule has 2 rings (SSSR count). The highest BCUT2D eigenvalue weighted by Gasteiger charge is 2.09. The van der Waals surface area contributed by atoms with Gasteiger partial charge in [0.25, 0.3) is 0 Å². The Morgan fingerprint density at radius 1 is 1.46 bits per heavy atom. The second-order valence-corrected chi connectivity index (χ2v) is 3.13. The van der Waals surface area contributed by atoms with Crippen molar-refractivity contribution in [2.45, 2.75) is 0 Å². The lowest BCUT2D eigenvalue weighted by Gasteiger charge is -1.92. The summed E-state index contributed by atoms with van der Waals surface area (Å²) in [5.41, 5.74) is 1.03. The summed E-state index contributed by atoms with van der Waals surface area (Å²) in [6.07, 6.45) is 1.46. The second-order valence-electron chi connectivity index (χ2n) is 2.70. The van der Waals surface area contributed by atoms with Crippen LogP contribution in [0.2, 0.25) is 5.02 Å². The highest BCUT2D eigenvalue weighted by molar-refractivity contribution is 6.31. The number of aromatic nitrogens is 1. The first kappa shape index (κ1) is 8.13. The smallest absolute Gasteiger partial charge is 0.337 e. The Balaban J connectivity index is 2.79. The summed E-state index contributed by atoms with van der Waals surface area (Å²) in [4.78, 5) is 13.6. The van der Waals surface area contributed by atoms with Crippen LogP contribution >= 0.6 is 11.6 Å². The fraction of sp³-hybridized carbons (Fsp3) is 0. The van der Waals surface area contributed by atoms with Crippen molar-refractivity contribution in [1.82, 2.24) is 4.98 Å². The number of rotatable bonds is 1. The van der Waals surface area contributed by atoms with Crippen molar-refractivity contribution in [2.24, 2.45) is 0 Å². The van der Waals surface area contributed by atoms with Crippen LogP contribution in [0.1, 0.15) is 10.4 Å². The Morgan fingerprint density at radius 2 is 2.23 bits per heavy atom. The van der Waals surface area contributed by atoms with Crippen molar-refractivity contribution in [3.8, 4) is 0 Å². The van der Waals surface area contributed by atoms with Gasteiger partial charge in [-0.3, -0.25) is 0 Å². The molecule has 2 aromatic rings. The lowest BCUT2D eigenvalue weighted by Crippen LogP contribution is -1.93. The molecule has 0 saturated heterocycles. The number of nitrogens with one attached hydrogen (secondary N) is 1. The maximum Gasteiger partial charge on any atom is 0.337 e. The number of benzene rings is 1. The van der Waals surface area contributed by atoms with Crippen molar-refractivity contribution in [1.29, 1.82) is 0 Å². The first-order chi connectivity index (χ1) is 6.18. The summed E-state index contributed by atoms with van der Waals surface area (Å²) < 4.78 is 0. The molecule has 0 aliphatic rings. The van der Waals surface area contributed by atoms with Crippen LogP contribution in [0.4, 0.5) is 0 Å². The average molecular weight is 196 g/mol. The lowest BCUT2D eigenvalue weighted by atomic mass is 10.2. The Hall–Kier alpha value is -1.48. The van der Waals surface area contributed by atoms with E-state index in [1.54, 1.807) is 18.2 Å². The number of H-pyrrole nitrogens is 1. The molecule has 0 atom stereocenters. The largest absolute Gasteiger partial charge is 0.478 e. The number of fused-ring (bicyclic) bond motifs is 1. The average Bonchev–Trinajstić information content (AvgIpc) is 2.46. The third-order valence-electron chi connectivity index (χ3n) is 1.87. The quantitative estimate of drug-likeness (QED) is 0.735. The van der Waals surface area contributed by atoms with Gasteiger partial charge in [-0.15, -0.1) is 0 Å². The van der Waals surface area contributed by atoms with E-state index in [1.807, 2.05) is 0 Å². The van der Waals surface area contributed by atoms with E-state index in [2.05, 4.69) is 4.98 Å². The van der Waals surface area contributed by atoms with Crippen molar-refractivity contribution < 1.29 is 9.90 Å². The molecule has 1 aromatic carbocycles. The predicted molar refractivity (Wildman–Crippen MR) is 50.3 cm³/mol. The van der Waals surface area contributed by atoms with Crippen LogP contribution in [0.3, 0.4) is 0 Å². The Bertz CT molecular complexity index is 475. The molecule has 0 fully saturated rings. The number of aromatic amines is 1. The van der Waals surface area contributed by atoms with E-state index in [0.717, 1.165) is 5.52 Å². The van der Waals surface area contributed by atoms with Gasteiger partial charge < -0.3 is 10.1 Å². The highest BCUT2D eigenvalue weighted by atomic mass is 35.5. The van der Waals surface area contributed by atoms with E-state index in [9.17, 15) is 4.79 Å². The maximum absolute atomic E-state index is 10.7. The van der Waals surface area contributed by atoms with Gasteiger partial charge in [0.1, 0.15) is 0 Å². The molecule has 1 aromatic heterocycles. The van der Waals surface area contributed by atoms with Gasteiger partial charge in [0.2, 0.25) is 0 Å². The van der Waals surface area contributed by atoms with Gasteiger partial charge in [-0.2, -0.15) is 0 Å². The lowest BCUT2D eigenvalue weighted by molar-refractivity contribution is 0.0699. The van der Waals surface area contributed by atoms with E-state index < -0.39 is 5.97 Å². The molecule has 13 heavy (non-hydrogen) atoms. The molecule has 66 valence electrons. The second kappa shape index (κ2) is 2.78. The van der Waals surface area contributed by atoms with Gasteiger partial charge >= 0.3 is 5.97 Å². The molecule has 0 unspecified atom stereocenters. The van der Waals surface area contributed by atoms with Crippen molar-refractivity contribution in [3.05, 3.63) is 35.0 Å². The molecule has 0 aliphatic heterocycles. The number of hydrogen-bond acceptors (Lipinski definition) is 1. The molecular weight excluding hydrogens is 190 g/mol. The molecule has 4 heteroatoms. The molecule has 0 amide bonds. The molecule has 0 bridgehead atoms. The first-order valence-corrected chi connectivity index (χ1v) is 4.06. The van der Waals surface area contributed by atoms with E-state index >= 15 is 0 Å². The van der Waals surface area contributed by atoms with Gasteiger partial charge in [0.15, 0.2) is 0 Å². The summed E-state index contributed by atoms with van der Waals surface area (Å²) >= 11 is 5.75. The SMILES string of the molecule is O=C(O)c1c[nH]c2ccc(Cl)cc12. The minimum absolute atomic E-state index is 0.248. The van der Waals surface area contributed by atoms with Crippen LogP contribution in [0.15, 0.2) is 24.4 Å². The fourth-order valence-corrected chi connectivity index (χ4v) is 1.44. The molecular formula is C9H6ClNO2. The zero-order chi connectivity index (χ0) is 9.42. The minimum Gasteiger partial charge on any atom is -0.478 e. The molecule has 2 N–H and O–H groups in total. The summed E-state index contributed by atoms with van der Waals surface area (Å²) in [6, 6.07) is 5.10. The van der Waals surface area contributed by atoms with Crippen molar-refractivity contribution >= 4 is 28.5 Å². The van der Waals surface area contributed by atoms with Crippen LogP contribution < -0.4 is 0 Å². The van der Waals surface area contributed by atoms with Gasteiger partial charge in [0.05, 0.1) is 5.56 Å². The first-order valence-electron chi connectivity index (χ1n) is 3.68. The van der Waals surface area contributed by atoms with Crippen molar-refractivity contribution in [2.75, 3.05) is 0 Å². The zero-order valence-corrected chi connectivity index (χ0v) is 7.30. The van der Waals surface area contributed by atoms with Gasteiger partial charge in [0, 0.05) is 22.1 Å². The third kappa shape index (κ3) is 1.27. The van der Waals surface area contributed by atoms with E-state index in [4.69, 9.17) is 16.7 Å². The summed E-state index contributed by atoms with van der Waals surface area (Å²) in [5, 5.41) is 9.98. The number of carbonyl (C=O) groups is 1. The Labute approximate surface area is 78.9 Å². The van der Waals surface area contributed by atoms with Crippen LogP contribution in [0, 0.1) is 0 Å². The summed E-state index contributed by atoms with van der Waals surface area (Å²) in [6.45, 7) is 0. The van der Waals surface area contributed by atoms with Crippen molar-refractivity contribution in [3.63, 3.8) is 0 Å². The molecule has 3 nitrogen and oxygen atoms in total. The molecule has 0 spiro atoms. The summed E-state index contributed by atoms with van der Waals surface area (Å²) in [7, 11) is 0. The van der Waals surface area contributed by atoms with E-state index in [-0.39, 0.29) is 5.56 Å². The third-order valence-corrected chi connectivity index (χ3v) is 2.11. The highest BCUT2D eigenvalue weighted by Crippen LogP contribution is 2.21. The van der Waals surface area contributed by atoms with Crippen LogP contribution in [-0.4, -0.2) is 16.1 Å². The van der Waals surface area contributed by atoms with Gasteiger partial charge in [-0.1, -0.05) is 11.6 Å². The Kier molecular flexibility index (Phi) is 1.74. The van der Waals surface area contributed by atoms with Gasteiger partial charge in [-0.25, -0.2) is 4.79 Å². The number of hydrogen-bond donors (Lipinski definition) is 2. The normalized spacial score (nSPS) is 10.5. The topological polar surface area (TPSA) is 53.1 Å². The van der Waals surface area contributed by atoms with E-state index in [1.165, 1.54) is 6.20 Å². The zero-order valence-electron chi connectivity index (χ0n) is 6.54. The van der Waals surface area contributed by atoms with Crippen LogP contribution in [0.5, 0.6) is 0 Å². The fourth-order valence-electron chi connectivity index (χ4n) is 1.27. The predicted octanol–water partition coefficient (Wildman–Crippen LogP) is 2.52. The Morgan fingerprint density at radius 3 is 2.92 bits per heavy atom. The number of carboxylic acid groups (broad SMARTS) is 1. The minimum atomic E-state index is -0.950. The standard InChI is InChI=1S/C9H6ClNO2/c10-5-1-2-8-6(3-5)7(4-11-8)9(12)13/h1-4,11H,(H,12,13). The number of carboxylic acids is 1. The van der Waals surface area contributed by atoms with Gasteiger partial charge in [-0.05, 0) is 18.2 Å². The summed E-state index contributed by atoms with van der Waals surface area (Å²) in [5.74, 6) is -0.950. The molecule has 1 heterocycles.